The molecule has 128 valence electrons. The van der Waals surface area contributed by atoms with Crippen LogP contribution in [0.15, 0.2) is 47.4 Å². The van der Waals surface area contributed by atoms with Gasteiger partial charge in [-0.25, -0.2) is 13.2 Å². The molecule has 2 aromatic rings. The van der Waals surface area contributed by atoms with Crippen molar-refractivity contribution in [1.29, 1.82) is 0 Å². The lowest BCUT2D eigenvalue weighted by molar-refractivity contribution is -0.0436. The molecule has 0 bridgehead atoms. The fourth-order valence-electron chi connectivity index (χ4n) is 1.96. The van der Waals surface area contributed by atoms with E-state index < -0.39 is 26.2 Å². The van der Waals surface area contributed by atoms with Gasteiger partial charge in [0.2, 0.25) is 0 Å². The third-order valence-electron chi connectivity index (χ3n) is 3.23. The Morgan fingerprint density at radius 1 is 1.08 bits per heavy atom. The Labute approximate surface area is 140 Å². The molecule has 0 radical (unpaired) electrons. The summed E-state index contributed by atoms with van der Waals surface area (Å²) in [6.45, 7) is 0. The van der Waals surface area contributed by atoms with Gasteiger partial charge in [-0.3, -0.25) is 0 Å². The van der Waals surface area contributed by atoms with Crippen molar-refractivity contribution in [3.05, 3.63) is 64.2 Å². The summed E-state index contributed by atoms with van der Waals surface area (Å²) < 4.78 is 60.0. The number of sulfone groups is 1. The van der Waals surface area contributed by atoms with Crippen molar-refractivity contribution in [2.75, 3.05) is 0 Å². The van der Waals surface area contributed by atoms with Crippen molar-refractivity contribution in [3.8, 4) is 0 Å². The maximum absolute atomic E-state index is 12.5. The van der Waals surface area contributed by atoms with Gasteiger partial charge in [0.05, 0.1) is 10.5 Å². The first-order valence-corrected chi connectivity index (χ1v) is 8.30. The fraction of sp³-hybridized carbons (Fsp3) is 0.133. The van der Waals surface area contributed by atoms with E-state index in [9.17, 15) is 26.4 Å². The van der Waals surface area contributed by atoms with E-state index in [0.717, 1.165) is 12.1 Å². The second-order valence-electron chi connectivity index (χ2n) is 4.88. The van der Waals surface area contributed by atoms with Gasteiger partial charge in [0, 0.05) is 5.02 Å². The Morgan fingerprint density at radius 3 is 2.12 bits per heavy atom. The van der Waals surface area contributed by atoms with Crippen LogP contribution in [0.25, 0.3) is 0 Å². The van der Waals surface area contributed by atoms with Gasteiger partial charge in [-0.2, -0.15) is 13.2 Å². The Kier molecular flexibility index (Phi) is 4.91. The van der Waals surface area contributed by atoms with E-state index in [0.29, 0.717) is 11.1 Å². The largest absolute Gasteiger partial charge is 0.501 e. The zero-order valence-electron chi connectivity index (χ0n) is 11.8. The molecule has 0 heterocycles. The highest BCUT2D eigenvalue weighted by Gasteiger charge is 2.46. The molecule has 0 aliphatic rings. The zero-order valence-corrected chi connectivity index (χ0v) is 13.4. The van der Waals surface area contributed by atoms with Crippen LogP contribution in [0.1, 0.15) is 21.5 Å². The Hall–Kier alpha value is -2.06. The SMILES string of the molecule is O=C(O)c1ccc(Cc2ccc(S(=O)(=O)C(F)(F)F)cc2)c(Cl)c1. The molecular formula is C15H10ClF3O4S. The van der Waals surface area contributed by atoms with Gasteiger partial charge < -0.3 is 5.11 Å². The summed E-state index contributed by atoms with van der Waals surface area (Å²) in [5.41, 5.74) is -4.26. The Balaban J connectivity index is 2.26. The first-order valence-electron chi connectivity index (χ1n) is 6.44. The molecule has 0 saturated heterocycles. The number of aromatic carboxylic acids is 1. The van der Waals surface area contributed by atoms with Crippen molar-refractivity contribution in [1.82, 2.24) is 0 Å². The summed E-state index contributed by atoms with van der Waals surface area (Å²) in [5, 5.41) is 9.05. The van der Waals surface area contributed by atoms with Gasteiger partial charge in [-0.15, -0.1) is 0 Å². The molecule has 9 heteroatoms. The molecule has 24 heavy (non-hydrogen) atoms. The fourth-order valence-corrected chi connectivity index (χ4v) is 2.97. The van der Waals surface area contributed by atoms with Crippen LogP contribution in [0.5, 0.6) is 0 Å². The highest BCUT2D eigenvalue weighted by atomic mass is 35.5. The minimum absolute atomic E-state index is 0.00960. The number of rotatable bonds is 4. The Morgan fingerprint density at radius 2 is 1.67 bits per heavy atom. The lowest BCUT2D eigenvalue weighted by Gasteiger charge is -2.09. The van der Waals surface area contributed by atoms with E-state index in [4.69, 9.17) is 16.7 Å². The average molecular weight is 379 g/mol. The van der Waals surface area contributed by atoms with Gasteiger partial charge in [0.25, 0.3) is 9.84 Å². The number of halogens is 4. The van der Waals surface area contributed by atoms with Crippen LogP contribution >= 0.6 is 11.6 Å². The number of hydrogen-bond donors (Lipinski definition) is 1. The van der Waals surface area contributed by atoms with Gasteiger partial charge in [-0.05, 0) is 41.8 Å². The molecule has 0 amide bonds. The van der Waals surface area contributed by atoms with E-state index in [1.807, 2.05) is 0 Å². The van der Waals surface area contributed by atoms with Crippen molar-refractivity contribution in [2.24, 2.45) is 0 Å². The molecule has 0 unspecified atom stereocenters. The average Bonchev–Trinajstić information content (AvgIpc) is 2.48. The van der Waals surface area contributed by atoms with E-state index in [2.05, 4.69) is 0 Å². The molecule has 0 aromatic heterocycles. The van der Waals surface area contributed by atoms with Gasteiger partial charge >= 0.3 is 11.5 Å². The predicted molar refractivity (Wildman–Crippen MR) is 80.9 cm³/mol. The predicted octanol–water partition coefficient (Wildman–Crippen LogP) is 3.92. The van der Waals surface area contributed by atoms with Crippen LogP contribution in [0.2, 0.25) is 5.02 Å². The maximum atomic E-state index is 12.5. The van der Waals surface area contributed by atoms with Crippen molar-refractivity contribution in [3.63, 3.8) is 0 Å². The van der Waals surface area contributed by atoms with Crippen molar-refractivity contribution >= 4 is 27.4 Å². The number of alkyl halides is 3. The highest BCUT2D eigenvalue weighted by molar-refractivity contribution is 7.92. The quantitative estimate of drug-likeness (QED) is 0.875. The zero-order chi connectivity index (χ0) is 18.1. The van der Waals surface area contributed by atoms with Crippen LogP contribution < -0.4 is 0 Å². The van der Waals surface area contributed by atoms with E-state index in [1.54, 1.807) is 0 Å². The van der Waals surface area contributed by atoms with Crippen LogP contribution in [-0.4, -0.2) is 25.0 Å². The van der Waals surface area contributed by atoms with Crippen LogP contribution in [0, 0.1) is 0 Å². The molecule has 0 atom stereocenters. The van der Waals surface area contributed by atoms with Crippen LogP contribution in [-0.2, 0) is 16.3 Å². The lowest BCUT2D eigenvalue weighted by Crippen LogP contribution is -2.23. The summed E-state index contributed by atoms with van der Waals surface area (Å²) >= 11 is 5.98. The molecule has 0 spiro atoms. The van der Waals surface area contributed by atoms with Gasteiger partial charge in [0.15, 0.2) is 0 Å². The lowest BCUT2D eigenvalue weighted by atomic mass is 10.0. The van der Waals surface area contributed by atoms with Crippen molar-refractivity contribution < 1.29 is 31.5 Å². The third-order valence-corrected chi connectivity index (χ3v) is 5.09. The normalized spacial score (nSPS) is 12.2. The monoisotopic (exact) mass is 378 g/mol. The Bertz CT molecular complexity index is 875. The minimum Gasteiger partial charge on any atom is -0.478 e. The second-order valence-corrected chi connectivity index (χ2v) is 7.23. The molecule has 2 aromatic carbocycles. The molecule has 0 fully saturated rings. The number of carbonyl (C=O) groups is 1. The molecule has 2 rings (SSSR count). The third kappa shape index (κ3) is 3.70. The summed E-state index contributed by atoms with van der Waals surface area (Å²) in [7, 11) is -5.38. The summed E-state index contributed by atoms with van der Waals surface area (Å²) in [6.07, 6.45) is 0.213. The molecule has 1 N–H and O–H groups in total. The number of hydrogen-bond acceptors (Lipinski definition) is 3. The van der Waals surface area contributed by atoms with Crippen LogP contribution in [0.4, 0.5) is 13.2 Å². The smallest absolute Gasteiger partial charge is 0.478 e. The summed E-state index contributed by atoms with van der Waals surface area (Å²) in [4.78, 5) is 9.99. The van der Waals surface area contributed by atoms with Crippen LogP contribution in [0.3, 0.4) is 0 Å². The van der Waals surface area contributed by atoms with Crippen molar-refractivity contribution in [2.45, 2.75) is 16.8 Å². The van der Waals surface area contributed by atoms with E-state index >= 15 is 0 Å². The van der Waals surface area contributed by atoms with Gasteiger partial charge in [0.1, 0.15) is 0 Å². The number of benzene rings is 2. The standard InChI is InChI=1S/C15H10ClF3O4S/c16-13-8-11(14(20)21)4-3-10(13)7-9-1-5-12(6-2-9)24(22,23)15(17,18)19/h1-6,8H,7H2,(H,20,21). The molecule has 4 nitrogen and oxygen atoms in total. The second kappa shape index (κ2) is 6.45. The minimum atomic E-state index is -5.38. The molecule has 0 saturated carbocycles. The first-order chi connectivity index (χ1) is 11.0. The summed E-state index contributed by atoms with van der Waals surface area (Å²) in [5.74, 6) is -1.13. The van der Waals surface area contributed by atoms with E-state index in [1.165, 1.54) is 30.3 Å². The first kappa shape index (κ1) is 18.3. The highest BCUT2D eigenvalue weighted by Crippen LogP contribution is 2.30. The molecule has 0 aliphatic heterocycles. The maximum Gasteiger partial charge on any atom is 0.501 e. The molecule has 0 aliphatic carbocycles. The van der Waals surface area contributed by atoms with E-state index in [-0.39, 0.29) is 17.0 Å². The van der Waals surface area contributed by atoms with Gasteiger partial charge in [-0.1, -0.05) is 29.8 Å². The summed E-state index contributed by atoms with van der Waals surface area (Å²) in [6, 6.07) is 8.36. The molecular weight excluding hydrogens is 369 g/mol. The topological polar surface area (TPSA) is 71.4 Å². The number of carboxylic acid groups (broad SMARTS) is 1. The number of carboxylic acids is 1.